The SMILES string of the molecule is NC(=O)c1cccc(CNC(=O)c2nn[nH]n2)c1. The highest BCUT2D eigenvalue weighted by molar-refractivity contribution is 5.93. The van der Waals surface area contributed by atoms with E-state index < -0.39 is 11.8 Å². The van der Waals surface area contributed by atoms with Crippen LogP contribution in [0.2, 0.25) is 0 Å². The molecule has 0 unspecified atom stereocenters. The van der Waals surface area contributed by atoms with Crippen LogP contribution < -0.4 is 11.1 Å². The molecule has 92 valence electrons. The van der Waals surface area contributed by atoms with Gasteiger partial charge in [0.2, 0.25) is 5.91 Å². The van der Waals surface area contributed by atoms with Gasteiger partial charge in [0, 0.05) is 12.1 Å². The molecule has 2 amide bonds. The van der Waals surface area contributed by atoms with Crippen LogP contribution in [0.3, 0.4) is 0 Å². The van der Waals surface area contributed by atoms with Crippen LogP contribution in [0.5, 0.6) is 0 Å². The van der Waals surface area contributed by atoms with Crippen LogP contribution in [0.1, 0.15) is 26.5 Å². The Labute approximate surface area is 102 Å². The minimum absolute atomic E-state index is 0.0407. The Morgan fingerprint density at radius 1 is 1.39 bits per heavy atom. The van der Waals surface area contributed by atoms with Gasteiger partial charge in [-0.25, -0.2) is 0 Å². The highest BCUT2D eigenvalue weighted by Crippen LogP contribution is 2.04. The molecular weight excluding hydrogens is 236 g/mol. The van der Waals surface area contributed by atoms with E-state index in [-0.39, 0.29) is 12.4 Å². The third-order valence-electron chi connectivity index (χ3n) is 2.21. The zero-order chi connectivity index (χ0) is 13.0. The summed E-state index contributed by atoms with van der Waals surface area (Å²) in [7, 11) is 0. The predicted molar refractivity (Wildman–Crippen MR) is 60.3 cm³/mol. The Morgan fingerprint density at radius 2 is 2.22 bits per heavy atom. The van der Waals surface area contributed by atoms with Gasteiger partial charge in [-0.3, -0.25) is 9.59 Å². The van der Waals surface area contributed by atoms with Gasteiger partial charge >= 0.3 is 0 Å². The number of amides is 2. The first kappa shape index (κ1) is 11.7. The number of nitrogens with one attached hydrogen (secondary N) is 2. The van der Waals surface area contributed by atoms with E-state index in [1.54, 1.807) is 24.3 Å². The summed E-state index contributed by atoms with van der Waals surface area (Å²) in [5, 5.41) is 15.1. The Balaban J connectivity index is 2.00. The molecule has 2 rings (SSSR count). The second-order valence-electron chi connectivity index (χ2n) is 3.48. The van der Waals surface area contributed by atoms with Crippen molar-refractivity contribution in [3.8, 4) is 0 Å². The third kappa shape index (κ3) is 2.67. The van der Waals surface area contributed by atoms with Gasteiger partial charge in [-0.2, -0.15) is 5.21 Å². The Hall–Kier alpha value is -2.77. The molecule has 0 atom stereocenters. The molecule has 18 heavy (non-hydrogen) atoms. The largest absolute Gasteiger partial charge is 0.366 e. The molecule has 8 heteroatoms. The molecular formula is C10H10N6O2. The molecule has 0 fully saturated rings. The maximum atomic E-state index is 11.5. The van der Waals surface area contributed by atoms with Crippen molar-refractivity contribution in [3.63, 3.8) is 0 Å². The number of primary amides is 1. The lowest BCUT2D eigenvalue weighted by molar-refractivity contribution is 0.0940. The second kappa shape index (κ2) is 5.04. The van der Waals surface area contributed by atoms with Crippen molar-refractivity contribution < 1.29 is 9.59 Å². The quantitative estimate of drug-likeness (QED) is 0.652. The number of rotatable bonds is 4. The lowest BCUT2D eigenvalue weighted by atomic mass is 10.1. The van der Waals surface area contributed by atoms with Crippen LogP contribution in [0.15, 0.2) is 24.3 Å². The van der Waals surface area contributed by atoms with Crippen LogP contribution >= 0.6 is 0 Å². The van der Waals surface area contributed by atoms with Crippen molar-refractivity contribution in [2.24, 2.45) is 5.73 Å². The summed E-state index contributed by atoms with van der Waals surface area (Å²) >= 11 is 0. The number of nitrogens with two attached hydrogens (primary N) is 1. The summed E-state index contributed by atoms with van der Waals surface area (Å²) in [6.45, 7) is 0.245. The second-order valence-corrected chi connectivity index (χ2v) is 3.48. The van der Waals surface area contributed by atoms with Gasteiger partial charge in [-0.15, -0.1) is 10.2 Å². The number of H-pyrrole nitrogens is 1. The first-order valence-corrected chi connectivity index (χ1v) is 5.07. The lowest BCUT2D eigenvalue weighted by Crippen LogP contribution is -2.24. The van der Waals surface area contributed by atoms with Crippen LogP contribution in [0, 0.1) is 0 Å². The highest BCUT2D eigenvalue weighted by atomic mass is 16.2. The number of aromatic nitrogens is 4. The summed E-state index contributed by atoms with van der Waals surface area (Å²) in [4.78, 5) is 22.5. The summed E-state index contributed by atoms with van der Waals surface area (Å²) in [6, 6.07) is 6.67. The number of carbonyl (C=O) groups is 2. The topological polar surface area (TPSA) is 127 Å². The van der Waals surface area contributed by atoms with E-state index in [9.17, 15) is 9.59 Å². The van der Waals surface area contributed by atoms with E-state index in [0.29, 0.717) is 5.56 Å². The van der Waals surface area contributed by atoms with E-state index in [0.717, 1.165) is 5.56 Å². The average Bonchev–Trinajstić information content (AvgIpc) is 2.90. The minimum Gasteiger partial charge on any atom is -0.366 e. The number of tetrazole rings is 1. The molecule has 0 saturated carbocycles. The minimum atomic E-state index is -0.513. The van der Waals surface area contributed by atoms with Gasteiger partial charge in [0.1, 0.15) is 0 Å². The van der Waals surface area contributed by atoms with E-state index in [4.69, 9.17) is 5.73 Å². The fourth-order valence-electron chi connectivity index (χ4n) is 1.35. The molecule has 0 aliphatic carbocycles. The van der Waals surface area contributed by atoms with Crippen LogP contribution in [-0.4, -0.2) is 32.4 Å². The van der Waals surface area contributed by atoms with Gasteiger partial charge in [-0.05, 0) is 22.9 Å². The molecule has 0 radical (unpaired) electrons. The number of hydrogen-bond acceptors (Lipinski definition) is 5. The first-order chi connectivity index (χ1) is 8.66. The van der Waals surface area contributed by atoms with Crippen molar-refractivity contribution in [3.05, 3.63) is 41.2 Å². The van der Waals surface area contributed by atoms with E-state index in [1.807, 2.05) is 0 Å². The smallest absolute Gasteiger partial charge is 0.293 e. The molecule has 0 aliphatic rings. The molecule has 4 N–H and O–H groups in total. The van der Waals surface area contributed by atoms with Gasteiger partial charge in [0.25, 0.3) is 11.7 Å². The summed E-state index contributed by atoms with van der Waals surface area (Å²) < 4.78 is 0. The summed E-state index contributed by atoms with van der Waals surface area (Å²) in [6.07, 6.45) is 0. The molecule has 1 heterocycles. The Morgan fingerprint density at radius 3 is 2.89 bits per heavy atom. The number of hydrogen-bond donors (Lipinski definition) is 3. The molecule has 1 aromatic heterocycles. The molecule has 2 aromatic rings. The molecule has 0 aliphatic heterocycles. The van der Waals surface area contributed by atoms with Crippen molar-refractivity contribution in [1.29, 1.82) is 0 Å². The van der Waals surface area contributed by atoms with Crippen molar-refractivity contribution in [1.82, 2.24) is 25.9 Å². The van der Waals surface area contributed by atoms with Crippen LogP contribution in [0.25, 0.3) is 0 Å². The summed E-state index contributed by atoms with van der Waals surface area (Å²) in [5.74, 6) is -1.00. The summed E-state index contributed by atoms with van der Waals surface area (Å²) in [5.41, 5.74) is 6.30. The third-order valence-corrected chi connectivity index (χ3v) is 2.21. The molecule has 0 spiro atoms. The Kier molecular flexibility index (Phi) is 3.28. The average molecular weight is 246 g/mol. The monoisotopic (exact) mass is 246 g/mol. The lowest BCUT2D eigenvalue weighted by Gasteiger charge is -2.04. The number of carbonyl (C=O) groups excluding carboxylic acids is 2. The van der Waals surface area contributed by atoms with Gasteiger partial charge in [0.05, 0.1) is 0 Å². The van der Waals surface area contributed by atoms with Crippen LogP contribution in [-0.2, 0) is 6.54 Å². The van der Waals surface area contributed by atoms with Crippen molar-refractivity contribution >= 4 is 11.8 Å². The van der Waals surface area contributed by atoms with E-state index in [1.165, 1.54) is 0 Å². The highest BCUT2D eigenvalue weighted by Gasteiger charge is 2.10. The van der Waals surface area contributed by atoms with E-state index >= 15 is 0 Å². The number of nitrogens with zero attached hydrogens (tertiary/aromatic N) is 3. The molecule has 1 aromatic carbocycles. The van der Waals surface area contributed by atoms with Gasteiger partial charge < -0.3 is 11.1 Å². The predicted octanol–water partition coefficient (Wildman–Crippen LogP) is -0.771. The first-order valence-electron chi connectivity index (χ1n) is 5.07. The fourth-order valence-corrected chi connectivity index (χ4v) is 1.35. The van der Waals surface area contributed by atoms with Gasteiger partial charge in [-0.1, -0.05) is 12.1 Å². The fraction of sp³-hybridized carbons (Fsp3) is 0.100. The normalized spacial score (nSPS) is 10.0. The zero-order valence-electron chi connectivity index (χ0n) is 9.25. The number of benzene rings is 1. The maximum Gasteiger partial charge on any atom is 0.293 e. The zero-order valence-corrected chi connectivity index (χ0v) is 9.25. The molecule has 8 nitrogen and oxygen atoms in total. The molecule has 0 saturated heterocycles. The molecule has 0 bridgehead atoms. The maximum absolute atomic E-state index is 11.5. The van der Waals surface area contributed by atoms with E-state index in [2.05, 4.69) is 25.9 Å². The Bertz CT molecular complexity index is 566. The van der Waals surface area contributed by atoms with Gasteiger partial charge in [0.15, 0.2) is 0 Å². The van der Waals surface area contributed by atoms with Crippen molar-refractivity contribution in [2.75, 3.05) is 0 Å². The standard InChI is InChI=1S/C10H10N6O2/c11-8(17)7-3-1-2-6(4-7)5-12-10(18)9-13-15-16-14-9/h1-4H,5H2,(H2,11,17)(H,12,18)(H,13,14,15,16). The van der Waals surface area contributed by atoms with Crippen LogP contribution in [0.4, 0.5) is 0 Å². The van der Waals surface area contributed by atoms with Crippen molar-refractivity contribution in [2.45, 2.75) is 6.54 Å². The number of aromatic amines is 1.